The van der Waals surface area contributed by atoms with Crippen LogP contribution < -0.4 is 9.26 Å². The van der Waals surface area contributed by atoms with Crippen molar-refractivity contribution >= 4 is 46.6 Å². The number of carbonyl (C=O) groups excluding carboxylic acids is 2. The van der Waals surface area contributed by atoms with Gasteiger partial charge in [0.1, 0.15) is 16.4 Å². The summed E-state index contributed by atoms with van der Waals surface area (Å²) in [4.78, 5) is 34.9. The normalized spacial score (nSPS) is 13.0. The Morgan fingerprint density at radius 3 is 2.32 bits per heavy atom. The number of alkyl halides is 2. The zero-order valence-corrected chi connectivity index (χ0v) is 23.2. The van der Waals surface area contributed by atoms with Gasteiger partial charge in [-0.3, -0.25) is 14.6 Å². The molecule has 0 amide bonds. The number of non-ortho nitro benzene ring substituents is 1. The number of nitro benzene ring substituents is 1. The Balaban J connectivity index is 1.61. The predicted octanol–water partition coefficient (Wildman–Crippen LogP) is 7.32. The van der Waals surface area contributed by atoms with Gasteiger partial charge in [0.2, 0.25) is 0 Å². The molecular weight excluding hydrogens is 583 g/mol. The second-order valence-electron chi connectivity index (χ2n) is 8.76. The number of esters is 2. The maximum Gasteiger partial charge on any atom is 0.453 e. The molecule has 214 valence electrons. The number of ether oxygens (including phenoxy) is 2. The first kappa shape index (κ1) is 29.8. The van der Waals surface area contributed by atoms with E-state index in [9.17, 15) is 24.3 Å². The van der Waals surface area contributed by atoms with Crippen molar-refractivity contribution in [3.8, 4) is 11.5 Å². The van der Waals surface area contributed by atoms with E-state index in [0.29, 0.717) is 4.70 Å². The molecule has 1 heterocycles. The smallest absolute Gasteiger partial charge is 0.453 e. The number of fused-ring (bicyclic) bond motifs is 1. The number of thiophene rings is 1. The number of hydrogen-bond acceptors (Lipinski definition) is 10. The third-order valence-corrected chi connectivity index (χ3v) is 8.32. The molecule has 0 bridgehead atoms. The number of carbonyl (C=O) groups is 2. The van der Waals surface area contributed by atoms with Gasteiger partial charge in [-0.2, -0.15) is 8.78 Å². The maximum absolute atomic E-state index is 15.9. The second kappa shape index (κ2) is 12.1. The lowest BCUT2D eigenvalue weighted by molar-refractivity contribution is -0.384. The summed E-state index contributed by atoms with van der Waals surface area (Å²) in [7, 11) is -5.38. The number of halogens is 2. The number of para-hydroxylation sites is 1. The average molecular weight is 606 g/mol. The molecule has 14 heteroatoms. The number of rotatable bonds is 11. The molecule has 0 saturated heterocycles. The fourth-order valence-electron chi connectivity index (χ4n) is 3.50. The number of hydrogen-bond donors (Lipinski definition) is 0. The van der Waals surface area contributed by atoms with E-state index < -0.39 is 48.4 Å². The van der Waals surface area contributed by atoms with E-state index in [0.717, 1.165) is 23.5 Å². The Kier molecular flexibility index (Phi) is 8.81. The summed E-state index contributed by atoms with van der Waals surface area (Å²) in [6.07, 6.45) is -0.552. The van der Waals surface area contributed by atoms with Crippen molar-refractivity contribution in [1.29, 1.82) is 0 Å². The van der Waals surface area contributed by atoms with Crippen LogP contribution in [0.15, 0.2) is 78.9 Å². The monoisotopic (exact) mass is 605 g/mol. The average Bonchev–Trinajstić information content (AvgIpc) is 3.36. The third kappa shape index (κ3) is 6.94. The molecule has 1 atom stereocenters. The van der Waals surface area contributed by atoms with Gasteiger partial charge in [0, 0.05) is 22.4 Å². The molecule has 0 saturated carbocycles. The minimum Gasteiger partial charge on any atom is -0.461 e. The topological polar surface area (TPSA) is 131 Å². The number of benzene rings is 3. The maximum atomic E-state index is 15.9. The third-order valence-electron chi connectivity index (χ3n) is 5.36. The first-order valence-electron chi connectivity index (χ1n) is 12.0. The molecule has 0 N–H and O–H groups in total. The molecule has 10 nitrogen and oxygen atoms in total. The Morgan fingerprint density at radius 1 is 1.00 bits per heavy atom. The molecule has 0 aliphatic heterocycles. The summed E-state index contributed by atoms with van der Waals surface area (Å²) >= 11 is 0.962. The van der Waals surface area contributed by atoms with Crippen molar-refractivity contribution in [3.63, 3.8) is 0 Å². The lowest BCUT2D eigenvalue weighted by Gasteiger charge is -2.27. The highest BCUT2D eigenvalue weighted by Gasteiger charge is 2.57. The Morgan fingerprint density at radius 2 is 1.68 bits per heavy atom. The van der Waals surface area contributed by atoms with Gasteiger partial charge in [-0.15, -0.1) is 11.3 Å². The van der Waals surface area contributed by atoms with Crippen LogP contribution in [0.4, 0.5) is 14.5 Å². The lowest BCUT2D eigenvalue weighted by atomic mass is 10.1. The first-order valence-corrected chi connectivity index (χ1v) is 14.3. The molecule has 0 aliphatic rings. The van der Waals surface area contributed by atoms with Crippen molar-refractivity contribution in [3.05, 3.63) is 99.4 Å². The van der Waals surface area contributed by atoms with E-state index in [1.54, 1.807) is 19.9 Å². The highest BCUT2D eigenvalue weighted by Crippen LogP contribution is 2.66. The Hall–Kier alpha value is -4.19. The fourth-order valence-corrected chi connectivity index (χ4v) is 5.88. The molecule has 4 rings (SSSR count). The zero-order chi connectivity index (χ0) is 29.8. The van der Waals surface area contributed by atoms with Gasteiger partial charge in [0.05, 0.1) is 11.0 Å². The van der Waals surface area contributed by atoms with Crippen molar-refractivity contribution in [1.82, 2.24) is 0 Å². The summed E-state index contributed by atoms with van der Waals surface area (Å²) in [5.74, 6) is -1.92. The summed E-state index contributed by atoms with van der Waals surface area (Å²) < 4.78 is 66.1. The van der Waals surface area contributed by atoms with E-state index in [1.807, 2.05) is 0 Å². The Labute approximate surface area is 236 Å². The highest BCUT2D eigenvalue weighted by molar-refractivity contribution is 7.55. The number of nitrogens with zero attached hydrogens (tertiary/aromatic N) is 1. The fraction of sp³-hybridized carbons (Fsp3) is 0.185. The van der Waals surface area contributed by atoms with Crippen LogP contribution >= 0.6 is 18.9 Å². The standard InChI is InChI=1S/C27H22F2NO9PS/c1-17(2)37-25(31)16-36-40(35,39-22-6-4-3-5-7-22)27(28,29)19-8-13-23-18(14-19)15-24(41-23)26(32)38-21-11-9-20(10-12-21)30(33)34/h3-15,17H,16H2,1-2H3. The summed E-state index contributed by atoms with van der Waals surface area (Å²) in [5, 5.41) is 11.0. The first-order chi connectivity index (χ1) is 19.4. The second-order valence-corrected chi connectivity index (χ2v) is 11.8. The summed E-state index contributed by atoms with van der Waals surface area (Å²) in [6, 6.07) is 16.7. The molecule has 3 aromatic carbocycles. The van der Waals surface area contributed by atoms with Crippen molar-refractivity contribution in [2.75, 3.05) is 6.61 Å². The predicted molar refractivity (Wildman–Crippen MR) is 146 cm³/mol. The van der Waals surface area contributed by atoms with E-state index in [-0.39, 0.29) is 27.4 Å². The van der Waals surface area contributed by atoms with Gasteiger partial charge in [0.15, 0.2) is 6.61 Å². The van der Waals surface area contributed by atoms with Gasteiger partial charge in [-0.05, 0) is 61.7 Å². The molecule has 0 spiro atoms. The van der Waals surface area contributed by atoms with Crippen molar-refractivity contribution < 1.29 is 46.4 Å². The van der Waals surface area contributed by atoms with E-state index >= 15 is 8.78 Å². The van der Waals surface area contributed by atoms with Gasteiger partial charge in [-0.1, -0.05) is 24.3 Å². The SMILES string of the molecule is CC(C)OC(=O)COP(=O)(Oc1ccccc1)C(F)(F)c1ccc2sc(C(=O)Oc3ccc([N+](=O)[O-])cc3)cc2c1. The largest absolute Gasteiger partial charge is 0.461 e. The van der Waals surface area contributed by atoms with Gasteiger partial charge in [0.25, 0.3) is 5.69 Å². The minimum atomic E-state index is -5.38. The van der Waals surface area contributed by atoms with Crippen LogP contribution in [0.5, 0.6) is 11.5 Å². The Bertz CT molecular complexity index is 1630. The van der Waals surface area contributed by atoms with Crippen LogP contribution in [-0.4, -0.2) is 29.6 Å². The van der Waals surface area contributed by atoms with Crippen molar-refractivity contribution in [2.45, 2.75) is 25.6 Å². The van der Waals surface area contributed by atoms with E-state index in [2.05, 4.69) is 0 Å². The van der Waals surface area contributed by atoms with E-state index in [1.165, 1.54) is 60.7 Å². The van der Waals surface area contributed by atoms with Crippen LogP contribution in [0, 0.1) is 10.1 Å². The summed E-state index contributed by atoms with van der Waals surface area (Å²) in [6.45, 7) is 2.06. The van der Waals surface area contributed by atoms with Crippen LogP contribution in [0.25, 0.3) is 10.1 Å². The summed E-state index contributed by atoms with van der Waals surface area (Å²) in [5.41, 5.74) is -5.15. The van der Waals surface area contributed by atoms with Crippen molar-refractivity contribution in [2.24, 2.45) is 0 Å². The zero-order valence-electron chi connectivity index (χ0n) is 21.5. The minimum absolute atomic E-state index is 0.0532. The molecule has 4 aromatic rings. The molecule has 0 radical (unpaired) electrons. The molecular formula is C27H22F2NO9PS. The van der Waals surface area contributed by atoms with Crippen LogP contribution in [-0.2, 0) is 24.3 Å². The molecule has 41 heavy (non-hydrogen) atoms. The molecule has 1 aromatic heterocycles. The van der Waals surface area contributed by atoms with Crippen LogP contribution in [0.3, 0.4) is 0 Å². The lowest BCUT2D eigenvalue weighted by Crippen LogP contribution is -2.23. The molecule has 0 fully saturated rings. The number of nitro groups is 1. The van der Waals surface area contributed by atoms with Gasteiger partial charge < -0.3 is 14.0 Å². The molecule has 1 unspecified atom stereocenters. The van der Waals surface area contributed by atoms with Crippen LogP contribution in [0.1, 0.15) is 29.1 Å². The molecule has 0 aliphatic carbocycles. The van der Waals surface area contributed by atoms with Gasteiger partial charge >= 0.3 is 25.2 Å². The van der Waals surface area contributed by atoms with Gasteiger partial charge in [-0.25, -0.2) is 14.2 Å². The highest BCUT2D eigenvalue weighted by atomic mass is 32.1. The van der Waals surface area contributed by atoms with E-state index in [4.69, 9.17) is 18.5 Å². The quantitative estimate of drug-likeness (QED) is 0.0567. The van der Waals surface area contributed by atoms with Crippen LogP contribution in [0.2, 0.25) is 0 Å².